The summed E-state index contributed by atoms with van der Waals surface area (Å²) in [6, 6.07) is 14.8. The van der Waals surface area contributed by atoms with Gasteiger partial charge in [0.2, 0.25) is 5.78 Å². The molecule has 1 aliphatic rings. The zero-order chi connectivity index (χ0) is 27.2. The van der Waals surface area contributed by atoms with Crippen molar-refractivity contribution in [3.63, 3.8) is 0 Å². The van der Waals surface area contributed by atoms with Crippen LogP contribution in [-0.4, -0.2) is 57.4 Å². The highest BCUT2D eigenvalue weighted by atomic mass is 19.4. The van der Waals surface area contributed by atoms with Crippen molar-refractivity contribution in [2.24, 2.45) is 0 Å². The van der Waals surface area contributed by atoms with E-state index in [4.69, 9.17) is 0 Å². The molecule has 0 saturated carbocycles. The predicted molar refractivity (Wildman–Crippen MR) is 145 cm³/mol. The van der Waals surface area contributed by atoms with Crippen LogP contribution in [0.2, 0.25) is 0 Å². The molecule has 4 aromatic rings. The number of anilines is 1. The molecule has 3 heterocycles. The number of rotatable bonds is 9. The van der Waals surface area contributed by atoms with Gasteiger partial charge >= 0.3 is 6.18 Å². The molecule has 2 aromatic heterocycles. The van der Waals surface area contributed by atoms with Crippen LogP contribution in [0, 0.1) is 0 Å². The minimum atomic E-state index is -4.33. The van der Waals surface area contributed by atoms with Crippen molar-refractivity contribution < 1.29 is 18.0 Å². The van der Waals surface area contributed by atoms with E-state index in [9.17, 15) is 18.0 Å². The Morgan fingerprint density at radius 1 is 1.03 bits per heavy atom. The van der Waals surface area contributed by atoms with E-state index in [1.165, 1.54) is 12.1 Å². The topological polar surface area (TPSA) is 74.6 Å². The van der Waals surface area contributed by atoms with Crippen molar-refractivity contribution in [1.82, 2.24) is 24.6 Å². The molecule has 0 radical (unpaired) electrons. The van der Waals surface area contributed by atoms with E-state index < -0.39 is 11.7 Å². The lowest BCUT2D eigenvalue weighted by Gasteiger charge is -2.33. The molecule has 5 rings (SSSR count). The number of carbonyl (C=O) groups excluding carboxylic acids is 1. The lowest BCUT2D eigenvalue weighted by molar-refractivity contribution is -0.137. The summed E-state index contributed by atoms with van der Waals surface area (Å²) in [7, 11) is 0. The number of carbonyl (C=O) groups is 1. The fourth-order valence-corrected chi connectivity index (χ4v) is 4.85. The van der Waals surface area contributed by atoms with Crippen molar-refractivity contribution >= 4 is 17.4 Å². The summed E-state index contributed by atoms with van der Waals surface area (Å²) in [5, 5.41) is 6.25. The number of halogens is 3. The molecule has 2 N–H and O–H groups in total. The van der Waals surface area contributed by atoms with Gasteiger partial charge in [0.15, 0.2) is 0 Å². The van der Waals surface area contributed by atoms with Gasteiger partial charge < -0.3 is 15.5 Å². The van der Waals surface area contributed by atoms with Gasteiger partial charge in [0.25, 0.3) is 5.91 Å². The number of aromatic nitrogens is 3. The monoisotopic (exact) mass is 536 g/mol. The van der Waals surface area contributed by atoms with E-state index in [2.05, 4.69) is 25.5 Å². The molecule has 2 aromatic carbocycles. The first-order valence-electron chi connectivity index (χ1n) is 13.2. The van der Waals surface area contributed by atoms with Gasteiger partial charge in [-0.2, -0.15) is 13.2 Å². The Kier molecular flexibility index (Phi) is 8.11. The maximum absolute atomic E-state index is 12.9. The second-order valence-corrected chi connectivity index (χ2v) is 9.83. The first-order chi connectivity index (χ1) is 18.8. The van der Waals surface area contributed by atoms with Crippen LogP contribution in [0.15, 0.2) is 73.2 Å². The van der Waals surface area contributed by atoms with Crippen molar-refractivity contribution in [3.05, 3.63) is 84.3 Å². The average Bonchev–Trinajstić information content (AvgIpc) is 3.38. The van der Waals surface area contributed by atoms with Crippen LogP contribution < -0.4 is 10.6 Å². The molecule has 7 nitrogen and oxygen atoms in total. The molecule has 1 amide bonds. The molecular formula is C29H31F3N6O. The number of piperidine rings is 1. The molecule has 39 heavy (non-hydrogen) atoms. The first kappa shape index (κ1) is 26.7. The summed E-state index contributed by atoms with van der Waals surface area (Å²) in [4.78, 5) is 23.7. The van der Waals surface area contributed by atoms with Crippen molar-refractivity contribution in [2.75, 3.05) is 31.5 Å². The van der Waals surface area contributed by atoms with Crippen LogP contribution >= 0.6 is 0 Å². The summed E-state index contributed by atoms with van der Waals surface area (Å²) >= 11 is 0. The molecule has 0 unspecified atom stereocenters. The van der Waals surface area contributed by atoms with Crippen LogP contribution in [0.5, 0.6) is 0 Å². The predicted octanol–water partition coefficient (Wildman–Crippen LogP) is 5.50. The highest BCUT2D eigenvalue weighted by Crippen LogP contribution is 2.31. The van der Waals surface area contributed by atoms with E-state index >= 15 is 0 Å². The largest absolute Gasteiger partial charge is 0.416 e. The standard InChI is InChI=1S/C29H31F3N6O/c30-29(31,32)23-5-3-6-25(19-23)35-24-11-17-37(18-12-24)15-2-1-13-33-27(39)22-9-7-21(8-10-22)26-20-38-16-4-14-34-28(38)36-26/h3-10,14,16,19-20,24,35H,1-2,11-13,15,17-18H2,(H,33,39). The maximum atomic E-state index is 12.9. The quantitative estimate of drug-likeness (QED) is 0.276. The second-order valence-electron chi connectivity index (χ2n) is 9.83. The summed E-state index contributed by atoms with van der Waals surface area (Å²) in [6.45, 7) is 3.34. The summed E-state index contributed by atoms with van der Waals surface area (Å²) in [5.74, 6) is 0.533. The van der Waals surface area contributed by atoms with E-state index in [0.717, 1.165) is 62.6 Å². The van der Waals surface area contributed by atoms with E-state index in [0.29, 0.717) is 23.6 Å². The maximum Gasteiger partial charge on any atom is 0.416 e. The summed E-state index contributed by atoms with van der Waals surface area (Å²) < 4.78 is 40.7. The fraction of sp³-hybridized carbons (Fsp3) is 0.345. The third-order valence-electron chi connectivity index (χ3n) is 7.01. The lowest BCUT2D eigenvalue weighted by atomic mass is 10.0. The van der Waals surface area contributed by atoms with Gasteiger partial charge in [0.1, 0.15) is 0 Å². The molecule has 1 saturated heterocycles. The van der Waals surface area contributed by atoms with Crippen molar-refractivity contribution in [3.8, 4) is 11.3 Å². The number of fused-ring (bicyclic) bond motifs is 1. The summed E-state index contributed by atoms with van der Waals surface area (Å²) in [5.41, 5.74) is 2.22. The number of nitrogens with one attached hydrogen (secondary N) is 2. The van der Waals surface area contributed by atoms with Crippen LogP contribution in [0.25, 0.3) is 17.0 Å². The van der Waals surface area contributed by atoms with Gasteiger partial charge in [-0.05, 0) is 68.6 Å². The number of benzene rings is 2. The minimum absolute atomic E-state index is 0.0975. The normalized spacial score (nSPS) is 14.9. The molecular weight excluding hydrogens is 505 g/mol. The van der Waals surface area contributed by atoms with Crippen LogP contribution in [0.4, 0.5) is 18.9 Å². The summed E-state index contributed by atoms with van der Waals surface area (Å²) in [6.07, 6.45) is 4.78. The molecule has 0 aliphatic carbocycles. The van der Waals surface area contributed by atoms with Crippen molar-refractivity contribution in [2.45, 2.75) is 37.9 Å². The Morgan fingerprint density at radius 2 is 1.82 bits per heavy atom. The number of unbranched alkanes of at least 4 members (excludes halogenated alkanes) is 1. The van der Waals surface area contributed by atoms with Gasteiger partial charge in [0.05, 0.1) is 11.3 Å². The van der Waals surface area contributed by atoms with E-state index in [1.807, 2.05) is 35.0 Å². The Morgan fingerprint density at radius 3 is 2.56 bits per heavy atom. The number of amides is 1. The fourth-order valence-electron chi connectivity index (χ4n) is 4.85. The van der Waals surface area contributed by atoms with Crippen LogP contribution in [0.3, 0.4) is 0 Å². The Labute approximate surface area is 225 Å². The van der Waals surface area contributed by atoms with Gasteiger partial charge in [-0.25, -0.2) is 9.97 Å². The van der Waals surface area contributed by atoms with E-state index in [-0.39, 0.29) is 11.9 Å². The number of likely N-dealkylation sites (tertiary alicyclic amines) is 1. The lowest BCUT2D eigenvalue weighted by Crippen LogP contribution is -2.39. The second kappa shape index (κ2) is 11.9. The zero-order valence-electron chi connectivity index (χ0n) is 21.5. The van der Waals surface area contributed by atoms with Gasteiger partial charge in [-0.1, -0.05) is 18.2 Å². The first-order valence-corrected chi connectivity index (χ1v) is 13.2. The molecule has 1 aliphatic heterocycles. The zero-order valence-corrected chi connectivity index (χ0v) is 21.5. The number of nitrogens with zero attached hydrogens (tertiary/aromatic N) is 4. The van der Waals surface area contributed by atoms with Crippen LogP contribution in [0.1, 0.15) is 41.6 Å². The highest BCUT2D eigenvalue weighted by Gasteiger charge is 2.30. The molecule has 0 atom stereocenters. The molecule has 0 spiro atoms. The Hall–Kier alpha value is -3.92. The number of imidazole rings is 1. The van der Waals surface area contributed by atoms with Crippen LogP contribution in [-0.2, 0) is 6.18 Å². The highest BCUT2D eigenvalue weighted by molar-refractivity contribution is 5.94. The SMILES string of the molecule is O=C(NCCCCN1CCC(Nc2cccc(C(F)(F)F)c2)CC1)c1ccc(-c2cn3cccnc3n2)cc1. The number of alkyl halides is 3. The number of hydrogen-bond donors (Lipinski definition) is 2. The smallest absolute Gasteiger partial charge is 0.382 e. The van der Waals surface area contributed by atoms with Gasteiger partial charge in [-0.15, -0.1) is 0 Å². The molecule has 1 fully saturated rings. The third kappa shape index (κ3) is 6.94. The number of hydrogen-bond acceptors (Lipinski definition) is 5. The molecule has 204 valence electrons. The van der Waals surface area contributed by atoms with Gasteiger partial charge in [0, 0.05) is 61.1 Å². The Bertz CT molecular complexity index is 1360. The Balaban J connectivity index is 0.990. The van der Waals surface area contributed by atoms with Gasteiger partial charge in [-0.3, -0.25) is 9.20 Å². The molecule has 10 heteroatoms. The van der Waals surface area contributed by atoms with Crippen molar-refractivity contribution in [1.29, 1.82) is 0 Å². The third-order valence-corrected chi connectivity index (χ3v) is 7.01. The molecule has 0 bridgehead atoms. The van der Waals surface area contributed by atoms with E-state index in [1.54, 1.807) is 24.4 Å². The minimum Gasteiger partial charge on any atom is -0.382 e. The average molecular weight is 537 g/mol.